The summed E-state index contributed by atoms with van der Waals surface area (Å²) in [5, 5.41) is 8.65. The molecule has 2 fully saturated rings. The highest BCUT2D eigenvalue weighted by Gasteiger charge is 2.45. The van der Waals surface area contributed by atoms with Crippen LogP contribution in [-0.2, 0) is 4.79 Å². The van der Waals surface area contributed by atoms with Gasteiger partial charge in [0, 0.05) is 12.6 Å². The van der Waals surface area contributed by atoms with Crippen molar-refractivity contribution in [2.75, 3.05) is 13.1 Å². The molecule has 10 heavy (non-hydrogen) atoms. The fourth-order valence-corrected chi connectivity index (χ4v) is 2.01. The quantitative estimate of drug-likeness (QED) is 0.565. The van der Waals surface area contributed by atoms with E-state index >= 15 is 0 Å². The second-order valence-corrected chi connectivity index (χ2v) is 3.15. The molecule has 2 aliphatic heterocycles. The van der Waals surface area contributed by atoms with E-state index in [4.69, 9.17) is 5.11 Å². The molecule has 3 nitrogen and oxygen atoms in total. The van der Waals surface area contributed by atoms with Crippen molar-refractivity contribution in [3.8, 4) is 0 Å². The van der Waals surface area contributed by atoms with Gasteiger partial charge in [-0.15, -0.1) is 0 Å². The maximum absolute atomic E-state index is 10.5. The van der Waals surface area contributed by atoms with Crippen LogP contribution in [0.2, 0.25) is 0 Å². The van der Waals surface area contributed by atoms with Crippen LogP contribution in [0.3, 0.4) is 0 Å². The standard InChI is InChI=1S/C7H11NO2/c9-7(10)5-4-8-3-1-2-6(5)8/h5-6H,1-4H2,(H,9,10)/t5?,6-/m1/s1. The Balaban J connectivity index is 2.00. The van der Waals surface area contributed by atoms with Gasteiger partial charge in [0.2, 0.25) is 0 Å². The van der Waals surface area contributed by atoms with Crippen LogP contribution in [0.15, 0.2) is 0 Å². The topological polar surface area (TPSA) is 40.5 Å². The largest absolute Gasteiger partial charge is 0.481 e. The Hall–Kier alpha value is -0.570. The van der Waals surface area contributed by atoms with E-state index < -0.39 is 5.97 Å². The number of rotatable bonds is 1. The Morgan fingerprint density at radius 3 is 3.00 bits per heavy atom. The molecule has 0 aromatic heterocycles. The Labute approximate surface area is 59.6 Å². The van der Waals surface area contributed by atoms with Crippen LogP contribution in [0.1, 0.15) is 12.8 Å². The number of carboxylic acids is 1. The number of aliphatic carboxylic acids is 1. The normalized spacial score (nSPS) is 38.8. The molecule has 56 valence electrons. The molecule has 3 heteroatoms. The highest BCUT2D eigenvalue weighted by molar-refractivity contribution is 5.72. The highest BCUT2D eigenvalue weighted by atomic mass is 16.4. The summed E-state index contributed by atoms with van der Waals surface area (Å²) in [6, 6.07) is 0.387. The zero-order valence-electron chi connectivity index (χ0n) is 5.79. The van der Waals surface area contributed by atoms with Gasteiger partial charge in [0.1, 0.15) is 0 Å². The van der Waals surface area contributed by atoms with Crippen molar-refractivity contribution >= 4 is 5.97 Å². The van der Waals surface area contributed by atoms with E-state index in [0.29, 0.717) is 6.04 Å². The smallest absolute Gasteiger partial charge is 0.309 e. The summed E-state index contributed by atoms with van der Waals surface area (Å²) < 4.78 is 0. The maximum atomic E-state index is 10.5. The molecule has 0 amide bonds. The van der Waals surface area contributed by atoms with Crippen molar-refractivity contribution < 1.29 is 9.90 Å². The van der Waals surface area contributed by atoms with Crippen molar-refractivity contribution in [1.29, 1.82) is 0 Å². The van der Waals surface area contributed by atoms with E-state index in [0.717, 1.165) is 19.5 Å². The minimum absolute atomic E-state index is 0.0532. The van der Waals surface area contributed by atoms with Gasteiger partial charge in [-0.1, -0.05) is 0 Å². The molecule has 2 atom stereocenters. The van der Waals surface area contributed by atoms with Gasteiger partial charge in [0.05, 0.1) is 5.92 Å². The first-order valence-corrected chi connectivity index (χ1v) is 3.76. The first-order valence-electron chi connectivity index (χ1n) is 3.76. The summed E-state index contributed by atoms with van der Waals surface area (Å²) in [6.07, 6.45) is 2.28. The fourth-order valence-electron chi connectivity index (χ4n) is 2.01. The second kappa shape index (κ2) is 1.95. The van der Waals surface area contributed by atoms with E-state index in [1.807, 2.05) is 0 Å². The Bertz CT molecular complexity index is 169. The molecular weight excluding hydrogens is 130 g/mol. The van der Waals surface area contributed by atoms with Crippen LogP contribution >= 0.6 is 0 Å². The number of carbonyl (C=O) groups is 1. The van der Waals surface area contributed by atoms with Gasteiger partial charge in [-0.05, 0) is 19.4 Å². The van der Waals surface area contributed by atoms with Gasteiger partial charge in [-0.3, -0.25) is 9.69 Å². The minimum Gasteiger partial charge on any atom is -0.481 e. The van der Waals surface area contributed by atoms with Gasteiger partial charge in [0.25, 0.3) is 0 Å². The van der Waals surface area contributed by atoms with Crippen LogP contribution in [-0.4, -0.2) is 35.1 Å². The van der Waals surface area contributed by atoms with Crippen molar-refractivity contribution in [3.63, 3.8) is 0 Å². The van der Waals surface area contributed by atoms with Crippen LogP contribution in [0.4, 0.5) is 0 Å². The molecule has 0 aromatic rings. The zero-order chi connectivity index (χ0) is 7.14. The third kappa shape index (κ3) is 0.669. The molecule has 0 aromatic carbocycles. The average Bonchev–Trinajstić information content (AvgIpc) is 2.11. The molecule has 2 saturated heterocycles. The maximum Gasteiger partial charge on any atom is 0.309 e. The SMILES string of the molecule is O=C(O)C1CN2CCC[C@H]12. The first-order chi connectivity index (χ1) is 4.79. The molecule has 0 spiro atoms. The third-order valence-corrected chi connectivity index (χ3v) is 2.63. The summed E-state index contributed by atoms with van der Waals surface area (Å²) in [6.45, 7) is 1.91. The molecule has 0 radical (unpaired) electrons. The van der Waals surface area contributed by atoms with Gasteiger partial charge >= 0.3 is 5.97 Å². The van der Waals surface area contributed by atoms with E-state index in [-0.39, 0.29) is 5.92 Å². The average molecular weight is 141 g/mol. The molecular formula is C7H11NO2. The molecule has 0 bridgehead atoms. The van der Waals surface area contributed by atoms with Crippen molar-refractivity contribution in [1.82, 2.24) is 4.90 Å². The summed E-state index contributed by atoms with van der Waals surface area (Å²) in [5.74, 6) is -0.661. The second-order valence-electron chi connectivity index (χ2n) is 3.15. The van der Waals surface area contributed by atoms with Gasteiger partial charge < -0.3 is 5.11 Å². The molecule has 0 aliphatic carbocycles. The highest BCUT2D eigenvalue weighted by Crippen LogP contribution is 2.33. The Kier molecular flexibility index (Phi) is 1.20. The lowest BCUT2D eigenvalue weighted by atomic mass is 9.90. The first kappa shape index (κ1) is 6.16. The molecule has 1 unspecified atom stereocenters. The number of nitrogens with zero attached hydrogens (tertiary/aromatic N) is 1. The van der Waals surface area contributed by atoms with Crippen molar-refractivity contribution in [3.05, 3.63) is 0 Å². The molecule has 2 rings (SSSR count). The summed E-state index contributed by atoms with van der Waals surface area (Å²) in [4.78, 5) is 12.8. The Morgan fingerprint density at radius 1 is 1.60 bits per heavy atom. The molecule has 2 heterocycles. The van der Waals surface area contributed by atoms with Crippen LogP contribution in [0.5, 0.6) is 0 Å². The third-order valence-electron chi connectivity index (χ3n) is 2.63. The number of fused-ring (bicyclic) bond motifs is 1. The summed E-state index contributed by atoms with van der Waals surface area (Å²) in [5.41, 5.74) is 0. The van der Waals surface area contributed by atoms with Crippen LogP contribution in [0, 0.1) is 5.92 Å². The predicted molar refractivity (Wildman–Crippen MR) is 35.7 cm³/mol. The number of carboxylic acid groups (broad SMARTS) is 1. The van der Waals surface area contributed by atoms with E-state index in [9.17, 15) is 4.79 Å². The van der Waals surface area contributed by atoms with E-state index in [2.05, 4.69) is 4.90 Å². The minimum atomic E-state index is -0.608. The summed E-state index contributed by atoms with van der Waals surface area (Å²) >= 11 is 0. The lowest BCUT2D eigenvalue weighted by Crippen LogP contribution is -2.55. The monoisotopic (exact) mass is 141 g/mol. The molecule has 0 saturated carbocycles. The van der Waals surface area contributed by atoms with E-state index in [1.165, 1.54) is 6.42 Å². The zero-order valence-corrected chi connectivity index (χ0v) is 5.79. The van der Waals surface area contributed by atoms with Crippen LogP contribution in [0.25, 0.3) is 0 Å². The van der Waals surface area contributed by atoms with Gasteiger partial charge in [-0.2, -0.15) is 0 Å². The van der Waals surface area contributed by atoms with Crippen molar-refractivity contribution in [2.45, 2.75) is 18.9 Å². The molecule has 2 aliphatic rings. The predicted octanol–water partition coefficient (Wildman–Crippen LogP) is 0.165. The fraction of sp³-hybridized carbons (Fsp3) is 0.857. The van der Waals surface area contributed by atoms with Gasteiger partial charge in [0.15, 0.2) is 0 Å². The van der Waals surface area contributed by atoms with E-state index in [1.54, 1.807) is 0 Å². The lowest BCUT2D eigenvalue weighted by molar-refractivity contribution is -0.150. The van der Waals surface area contributed by atoms with Crippen molar-refractivity contribution in [2.24, 2.45) is 5.92 Å². The Morgan fingerprint density at radius 2 is 2.40 bits per heavy atom. The molecule has 1 N–H and O–H groups in total. The number of hydrogen-bond donors (Lipinski definition) is 1. The van der Waals surface area contributed by atoms with Crippen LogP contribution < -0.4 is 0 Å². The lowest BCUT2D eigenvalue weighted by Gasteiger charge is -2.40. The van der Waals surface area contributed by atoms with Gasteiger partial charge in [-0.25, -0.2) is 0 Å². The number of hydrogen-bond acceptors (Lipinski definition) is 2. The summed E-state index contributed by atoms with van der Waals surface area (Å²) in [7, 11) is 0.